The van der Waals surface area contributed by atoms with E-state index in [0.29, 0.717) is 12.4 Å². The van der Waals surface area contributed by atoms with Crippen LogP contribution in [0.4, 0.5) is 5.69 Å². The molecule has 0 unspecified atom stereocenters. The van der Waals surface area contributed by atoms with Crippen molar-refractivity contribution >= 4 is 17.3 Å². The van der Waals surface area contributed by atoms with Crippen LogP contribution in [0, 0.1) is 13.8 Å². The van der Waals surface area contributed by atoms with Gasteiger partial charge in [0.1, 0.15) is 5.82 Å². The lowest BCUT2D eigenvalue weighted by Gasteiger charge is -2.26. The zero-order valence-electron chi connectivity index (χ0n) is 15.9. The summed E-state index contributed by atoms with van der Waals surface area (Å²) in [4.78, 5) is 12.5. The Bertz CT molecular complexity index is 943. The van der Waals surface area contributed by atoms with E-state index < -0.39 is 0 Å². The lowest BCUT2D eigenvalue weighted by Crippen LogP contribution is -2.38. The van der Waals surface area contributed by atoms with Gasteiger partial charge in [-0.3, -0.25) is 4.79 Å². The van der Waals surface area contributed by atoms with Crippen LogP contribution >= 0.6 is 0 Å². The second-order valence-electron chi connectivity index (χ2n) is 6.67. The van der Waals surface area contributed by atoms with Crippen molar-refractivity contribution in [3.63, 3.8) is 0 Å². The van der Waals surface area contributed by atoms with E-state index >= 15 is 0 Å². The van der Waals surface area contributed by atoms with Gasteiger partial charge in [-0.2, -0.15) is 10.1 Å². The third-order valence-corrected chi connectivity index (χ3v) is 4.25. The minimum Gasteiger partial charge on any atom is -0.379 e. The average molecular weight is 360 g/mol. The van der Waals surface area contributed by atoms with E-state index in [0.717, 1.165) is 28.2 Å². The normalized spacial score (nSPS) is 14.7. The van der Waals surface area contributed by atoms with Gasteiger partial charge >= 0.3 is 0 Å². The Kier molecular flexibility index (Phi) is 5.41. The van der Waals surface area contributed by atoms with Gasteiger partial charge in [-0.05, 0) is 44.0 Å². The molecule has 1 aliphatic heterocycles. The molecule has 0 saturated carbocycles. The summed E-state index contributed by atoms with van der Waals surface area (Å²) in [6.45, 7) is 10.4. The van der Waals surface area contributed by atoms with Gasteiger partial charge in [0.25, 0.3) is 5.91 Å². The Morgan fingerprint density at radius 3 is 2.52 bits per heavy atom. The molecule has 0 bridgehead atoms. The molecule has 0 atom stereocenters. The van der Waals surface area contributed by atoms with Crippen LogP contribution in [0.1, 0.15) is 23.6 Å². The van der Waals surface area contributed by atoms with Crippen molar-refractivity contribution in [3.8, 4) is 0 Å². The van der Waals surface area contributed by atoms with Crippen molar-refractivity contribution in [2.45, 2.75) is 20.8 Å². The largest absolute Gasteiger partial charge is 0.379 e. The summed E-state index contributed by atoms with van der Waals surface area (Å²) >= 11 is 0. The number of amides is 1. The molecular weight excluding hydrogens is 336 g/mol. The van der Waals surface area contributed by atoms with Gasteiger partial charge in [-0.1, -0.05) is 48.5 Å². The minimum absolute atomic E-state index is 0.216. The van der Waals surface area contributed by atoms with E-state index in [4.69, 9.17) is 0 Å². The first-order valence-corrected chi connectivity index (χ1v) is 8.86. The molecule has 1 heterocycles. The summed E-state index contributed by atoms with van der Waals surface area (Å²) in [5, 5.41) is 12.2. The predicted octanol–water partition coefficient (Wildman–Crippen LogP) is 3.93. The lowest BCUT2D eigenvalue weighted by atomic mass is 10.1. The molecule has 3 rings (SSSR count). The van der Waals surface area contributed by atoms with E-state index in [2.05, 4.69) is 28.4 Å². The van der Waals surface area contributed by atoms with E-state index in [1.54, 1.807) is 6.08 Å². The van der Waals surface area contributed by atoms with Crippen molar-refractivity contribution < 1.29 is 4.79 Å². The fraction of sp³-hybridized carbons (Fsp3) is 0.182. The number of anilines is 1. The number of hydrazone groups is 1. The smallest absolute Gasteiger partial charge is 0.274 e. The van der Waals surface area contributed by atoms with Crippen LogP contribution in [0.15, 0.2) is 77.8 Å². The Morgan fingerprint density at radius 1 is 1.15 bits per heavy atom. The first-order valence-electron chi connectivity index (χ1n) is 8.86. The Balaban J connectivity index is 1.71. The van der Waals surface area contributed by atoms with Crippen LogP contribution in [0.3, 0.4) is 0 Å². The summed E-state index contributed by atoms with van der Waals surface area (Å²) in [5.74, 6) is 0.224. The van der Waals surface area contributed by atoms with Gasteiger partial charge in [-0.25, -0.2) is 0 Å². The number of benzene rings is 2. The topological polar surface area (TPSA) is 56.7 Å². The molecule has 138 valence electrons. The van der Waals surface area contributed by atoms with Crippen LogP contribution in [-0.2, 0) is 4.79 Å². The maximum Gasteiger partial charge on any atom is 0.274 e. The van der Waals surface area contributed by atoms with Gasteiger partial charge in [0.05, 0.1) is 12.3 Å². The van der Waals surface area contributed by atoms with Gasteiger partial charge < -0.3 is 10.6 Å². The highest BCUT2D eigenvalue weighted by Gasteiger charge is 2.21. The number of rotatable bonds is 5. The van der Waals surface area contributed by atoms with E-state index in [1.165, 1.54) is 10.6 Å². The monoisotopic (exact) mass is 360 g/mol. The molecular formula is C22H24N4O. The second kappa shape index (κ2) is 7.91. The quantitative estimate of drug-likeness (QED) is 0.795. The number of aryl methyl sites for hydroxylation is 2. The molecule has 2 aromatic carbocycles. The molecule has 0 radical (unpaired) electrons. The summed E-state index contributed by atoms with van der Waals surface area (Å²) in [6, 6.07) is 16.1. The van der Waals surface area contributed by atoms with Crippen molar-refractivity contribution in [3.05, 3.63) is 89.4 Å². The maximum atomic E-state index is 12.5. The van der Waals surface area contributed by atoms with Crippen LogP contribution < -0.4 is 10.6 Å². The van der Waals surface area contributed by atoms with Gasteiger partial charge in [0, 0.05) is 17.5 Å². The number of hydrogen-bond donors (Lipinski definition) is 2. The Morgan fingerprint density at radius 2 is 1.85 bits per heavy atom. The standard InChI is InChI=1S/C22H24N4O/c1-15-7-5-9-19(11-15)17(3)25-26-18(4)24-21(13-22(26)27)14-23-20-10-6-8-16(2)12-20/h5-13,23-24H,4,14H2,1-3H3/b25-17+. The van der Waals surface area contributed by atoms with Crippen molar-refractivity contribution in [1.29, 1.82) is 0 Å². The number of nitrogens with one attached hydrogen (secondary N) is 2. The minimum atomic E-state index is -0.216. The van der Waals surface area contributed by atoms with E-state index in [-0.39, 0.29) is 5.91 Å². The molecule has 2 N–H and O–H groups in total. The third kappa shape index (κ3) is 4.64. The summed E-state index contributed by atoms with van der Waals surface area (Å²) in [7, 11) is 0. The average Bonchev–Trinajstić information content (AvgIpc) is 2.63. The van der Waals surface area contributed by atoms with Crippen molar-refractivity contribution in [2.75, 3.05) is 11.9 Å². The molecule has 0 aromatic heterocycles. The predicted molar refractivity (Wildman–Crippen MR) is 110 cm³/mol. The van der Waals surface area contributed by atoms with Crippen molar-refractivity contribution in [1.82, 2.24) is 10.3 Å². The van der Waals surface area contributed by atoms with Gasteiger partial charge in [-0.15, -0.1) is 0 Å². The highest BCUT2D eigenvalue weighted by Crippen LogP contribution is 2.15. The molecule has 1 amide bonds. The fourth-order valence-electron chi connectivity index (χ4n) is 2.85. The lowest BCUT2D eigenvalue weighted by molar-refractivity contribution is -0.125. The van der Waals surface area contributed by atoms with Gasteiger partial charge in [0.15, 0.2) is 0 Å². The van der Waals surface area contributed by atoms with Crippen molar-refractivity contribution in [2.24, 2.45) is 5.10 Å². The number of carbonyl (C=O) groups is 1. The Labute approximate surface area is 160 Å². The zero-order chi connectivity index (χ0) is 19.4. The third-order valence-electron chi connectivity index (χ3n) is 4.25. The molecule has 1 aliphatic rings. The molecule has 2 aromatic rings. The molecule has 5 heteroatoms. The van der Waals surface area contributed by atoms with E-state index in [9.17, 15) is 4.79 Å². The van der Waals surface area contributed by atoms with Crippen LogP contribution in [0.25, 0.3) is 0 Å². The number of hydrogen-bond acceptors (Lipinski definition) is 4. The molecule has 0 fully saturated rings. The van der Waals surface area contributed by atoms with Crippen LogP contribution in [0.5, 0.6) is 0 Å². The first kappa shape index (κ1) is 18.5. The molecule has 0 spiro atoms. The second-order valence-corrected chi connectivity index (χ2v) is 6.67. The molecule has 0 saturated heterocycles. The highest BCUT2D eigenvalue weighted by molar-refractivity contribution is 6.00. The summed E-state index contributed by atoms with van der Waals surface area (Å²) < 4.78 is 0. The van der Waals surface area contributed by atoms with Gasteiger partial charge in [0.2, 0.25) is 0 Å². The molecule has 5 nitrogen and oxygen atoms in total. The SMILES string of the molecule is C=C1NC(CNc2cccc(C)c2)=CC(=O)N1/N=C(\C)c1cccc(C)c1. The first-order chi connectivity index (χ1) is 12.9. The number of nitrogens with zero attached hydrogens (tertiary/aromatic N) is 2. The maximum absolute atomic E-state index is 12.5. The summed E-state index contributed by atoms with van der Waals surface area (Å²) in [6.07, 6.45) is 1.55. The highest BCUT2D eigenvalue weighted by atomic mass is 16.2. The zero-order valence-corrected chi connectivity index (χ0v) is 15.9. The summed E-state index contributed by atoms with van der Waals surface area (Å²) in [5.41, 5.74) is 5.82. The Hall–Kier alpha value is -3.34. The van der Waals surface area contributed by atoms with Crippen LogP contribution in [-0.4, -0.2) is 23.2 Å². The molecule has 0 aliphatic carbocycles. The molecule has 27 heavy (non-hydrogen) atoms. The van der Waals surface area contributed by atoms with E-state index in [1.807, 2.05) is 63.2 Å². The fourth-order valence-corrected chi connectivity index (χ4v) is 2.85. The number of carbonyl (C=O) groups excluding carboxylic acids is 1. The van der Waals surface area contributed by atoms with Crippen LogP contribution in [0.2, 0.25) is 0 Å².